The van der Waals surface area contributed by atoms with E-state index in [0.717, 1.165) is 25.7 Å². The highest BCUT2D eigenvalue weighted by Crippen LogP contribution is 2.26. The van der Waals surface area contributed by atoms with Crippen LogP contribution in [-0.4, -0.2) is 48.5 Å². The second kappa shape index (κ2) is 8.11. The van der Waals surface area contributed by atoms with Crippen LogP contribution < -0.4 is 5.32 Å². The van der Waals surface area contributed by atoms with Gasteiger partial charge in [-0.15, -0.1) is 0 Å². The summed E-state index contributed by atoms with van der Waals surface area (Å²) >= 11 is 0. The van der Waals surface area contributed by atoms with Crippen molar-refractivity contribution in [1.29, 1.82) is 0 Å². The van der Waals surface area contributed by atoms with Crippen molar-refractivity contribution in [3.8, 4) is 0 Å². The Hall–Kier alpha value is -1.41. The molecule has 1 unspecified atom stereocenters. The lowest BCUT2D eigenvalue weighted by atomic mass is 9.99. The highest BCUT2D eigenvalue weighted by Gasteiger charge is 2.35. The summed E-state index contributed by atoms with van der Waals surface area (Å²) in [6, 6.07) is 0. The smallest absolute Gasteiger partial charge is 0.246 e. The zero-order valence-electron chi connectivity index (χ0n) is 14.8. The van der Waals surface area contributed by atoms with Gasteiger partial charge in [-0.3, -0.25) is 9.89 Å². The molecule has 0 spiro atoms. The van der Waals surface area contributed by atoms with Gasteiger partial charge in [0.25, 0.3) is 0 Å². The number of H-pyrrole nitrogens is 1. The molecule has 1 saturated heterocycles. The zero-order valence-corrected chi connectivity index (χ0v) is 15.6. The number of hydrogen-bond acceptors (Lipinski definition) is 4. The number of carbonyl (C=O) groups excluding carboxylic acids is 1. The molecule has 136 valence electrons. The minimum atomic E-state index is -3.62. The Kier molecular flexibility index (Phi) is 6.40. The largest absolute Gasteiger partial charge is 0.356 e. The third-order valence-corrected chi connectivity index (χ3v) is 6.62. The van der Waals surface area contributed by atoms with E-state index >= 15 is 0 Å². The Morgan fingerprint density at radius 2 is 2.12 bits per heavy atom. The number of hydrogen-bond donors (Lipinski definition) is 2. The van der Waals surface area contributed by atoms with E-state index in [-0.39, 0.29) is 23.3 Å². The molecule has 0 aromatic carbocycles. The zero-order chi connectivity index (χ0) is 17.7. The Balaban J connectivity index is 2.03. The Labute approximate surface area is 144 Å². The first-order chi connectivity index (χ1) is 11.4. The van der Waals surface area contributed by atoms with Crippen LogP contribution in [0, 0.1) is 19.8 Å². The molecule has 0 bridgehead atoms. The third kappa shape index (κ3) is 4.16. The first-order valence-electron chi connectivity index (χ1n) is 8.67. The van der Waals surface area contributed by atoms with E-state index in [1.807, 2.05) is 0 Å². The molecule has 8 heteroatoms. The number of aromatic nitrogens is 2. The first kappa shape index (κ1) is 18.9. The molecule has 0 saturated carbocycles. The molecule has 1 amide bonds. The fraction of sp³-hybridized carbons (Fsp3) is 0.750. The van der Waals surface area contributed by atoms with E-state index in [1.165, 1.54) is 4.31 Å². The van der Waals surface area contributed by atoms with Gasteiger partial charge in [-0.25, -0.2) is 8.42 Å². The Morgan fingerprint density at radius 1 is 1.38 bits per heavy atom. The van der Waals surface area contributed by atoms with Crippen LogP contribution in [0.25, 0.3) is 0 Å². The maximum absolute atomic E-state index is 12.9. The molecule has 1 aliphatic heterocycles. The van der Waals surface area contributed by atoms with Crippen molar-refractivity contribution in [3.05, 3.63) is 11.4 Å². The monoisotopic (exact) mass is 356 g/mol. The predicted molar refractivity (Wildman–Crippen MR) is 92.1 cm³/mol. The number of aryl methyl sites for hydroxylation is 2. The second-order valence-corrected chi connectivity index (χ2v) is 8.34. The fourth-order valence-corrected chi connectivity index (χ4v) is 5.01. The van der Waals surface area contributed by atoms with Crippen LogP contribution in [0.15, 0.2) is 4.90 Å². The van der Waals surface area contributed by atoms with E-state index in [4.69, 9.17) is 0 Å². The van der Waals surface area contributed by atoms with Crippen molar-refractivity contribution in [3.63, 3.8) is 0 Å². The summed E-state index contributed by atoms with van der Waals surface area (Å²) in [6.45, 7) is 6.85. The highest BCUT2D eigenvalue weighted by atomic mass is 32.2. The Bertz CT molecular complexity index is 649. The molecule has 1 aromatic rings. The number of sulfonamides is 1. The standard InChI is InChI=1S/C16H28N4O3S/c1-4-5-6-9-17-16(21)14-8-7-10-20(11-14)24(22,23)15-12(2)18-19-13(15)3/h14H,4-11H2,1-3H3,(H,17,21)(H,18,19). The van der Waals surface area contributed by atoms with Crippen LogP contribution in [0.4, 0.5) is 0 Å². The normalized spacial score (nSPS) is 19.4. The van der Waals surface area contributed by atoms with Gasteiger partial charge in [-0.1, -0.05) is 19.8 Å². The van der Waals surface area contributed by atoms with Crippen molar-refractivity contribution in [1.82, 2.24) is 19.8 Å². The van der Waals surface area contributed by atoms with E-state index in [1.54, 1.807) is 13.8 Å². The van der Waals surface area contributed by atoms with E-state index in [9.17, 15) is 13.2 Å². The quantitative estimate of drug-likeness (QED) is 0.727. The molecule has 7 nitrogen and oxygen atoms in total. The molecule has 1 aliphatic rings. The molecule has 1 aromatic heterocycles. The lowest BCUT2D eigenvalue weighted by Gasteiger charge is -2.31. The van der Waals surface area contributed by atoms with Gasteiger partial charge >= 0.3 is 0 Å². The number of rotatable bonds is 7. The van der Waals surface area contributed by atoms with E-state index in [2.05, 4.69) is 22.4 Å². The summed E-state index contributed by atoms with van der Waals surface area (Å²) < 4.78 is 27.2. The minimum Gasteiger partial charge on any atom is -0.356 e. The second-order valence-electron chi connectivity index (χ2n) is 6.46. The van der Waals surface area contributed by atoms with Crippen molar-refractivity contribution in [2.75, 3.05) is 19.6 Å². The van der Waals surface area contributed by atoms with Crippen LogP contribution in [0.5, 0.6) is 0 Å². The summed E-state index contributed by atoms with van der Waals surface area (Å²) in [5, 5.41) is 9.64. The summed E-state index contributed by atoms with van der Waals surface area (Å²) in [4.78, 5) is 12.5. The SMILES string of the molecule is CCCCCNC(=O)C1CCCN(S(=O)(=O)c2c(C)n[nH]c2C)C1. The maximum atomic E-state index is 12.9. The van der Waals surface area contributed by atoms with Crippen LogP contribution in [0.2, 0.25) is 0 Å². The minimum absolute atomic E-state index is 0.0355. The summed E-state index contributed by atoms with van der Waals surface area (Å²) in [5.41, 5.74) is 1.01. The number of carbonyl (C=O) groups is 1. The van der Waals surface area contributed by atoms with Gasteiger partial charge < -0.3 is 5.32 Å². The lowest BCUT2D eigenvalue weighted by molar-refractivity contribution is -0.126. The molecule has 24 heavy (non-hydrogen) atoms. The first-order valence-corrected chi connectivity index (χ1v) is 10.1. The van der Waals surface area contributed by atoms with Gasteiger partial charge in [0.15, 0.2) is 0 Å². The Morgan fingerprint density at radius 3 is 2.75 bits per heavy atom. The van der Waals surface area contributed by atoms with Crippen molar-refractivity contribution in [2.24, 2.45) is 5.92 Å². The van der Waals surface area contributed by atoms with Crippen molar-refractivity contribution in [2.45, 2.75) is 57.8 Å². The van der Waals surface area contributed by atoms with Gasteiger partial charge in [0, 0.05) is 19.6 Å². The molecular formula is C16H28N4O3S. The van der Waals surface area contributed by atoms with Gasteiger partial charge in [-0.2, -0.15) is 9.40 Å². The molecule has 0 aliphatic carbocycles. The predicted octanol–water partition coefficient (Wildman–Crippen LogP) is 1.73. The summed E-state index contributed by atoms with van der Waals surface area (Å²) in [5.74, 6) is -0.311. The maximum Gasteiger partial charge on any atom is 0.246 e. The van der Waals surface area contributed by atoms with Crippen molar-refractivity contribution >= 4 is 15.9 Å². The topological polar surface area (TPSA) is 95.2 Å². The molecule has 2 N–H and O–H groups in total. The van der Waals surface area contributed by atoms with Gasteiger partial charge in [0.05, 0.1) is 17.3 Å². The number of amides is 1. The van der Waals surface area contributed by atoms with Crippen LogP contribution in [0.3, 0.4) is 0 Å². The van der Waals surface area contributed by atoms with Crippen LogP contribution >= 0.6 is 0 Å². The average Bonchev–Trinajstić information content (AvgIpc) is 2.91. The molecular weight excluding hydrogens is 328 g/mol. The number of unbranched alkanes of at least 4 members (excludes halogenated alkanes) is 2. The summed E-state index contributed by atoms with van der Waals surface area (Å²) in [6.07, 6.45) is 4.58. The number of piperidine rings is 1. The molecule has 2 rings (SSSR count). The lowest BCUT2D eigenvalue weighted by Crippen LogP contribution is -2.45. The third-order valence-electron chi connectivity index (χ3n) is 4.49. The molecule has 1 atom stereocenters. The van der Waals surface area contributed by atoms with Crippen LogP contribution in [0.1, 0.15) is 50.4 Å². The fourth-order valence-electron chi connectivity index (χ4n) is 3.16. The summed E-state index contributed by atoms with van der Waals surface area (Å²) in [7, 11) is -3.62. The number of nitrogens with one attached hydrogen (secondary N) is 2. The number of aromatic amines is 1. The highest BCUT2D eigenvalue weighted by molar-refractivity contribution is 7.89. The molecule has 2 heterocycles. The molecule has 1 fully saturated rings. The molecule has 0 radical (unpaired) electrons. The van der Waals surface area contributed by atoms with E-state index in [0.29, 0.717) is 30.9 Å². The average molecular weight is 356 g/mol. The van der Waals surface area contributed by atoms with Gasteiger partial charge in [0.2, 0.25) is 15.9 Å². The van der Waals surface area contributed by atoms with Crippen molar-refractivity contribution < 1.29 is 13.2 Å². The number of nitrogens with zero attached hydrogens (tertiary/aromatic N) is 2. The van der Waals surface area contributed by atoms with Crippen LogP contribution in [-0.2, 0) is 14.8 Å². The van der Waals surface area contributed by atoms with E-state index < -0.39 is 10.0 Å². The van der Waals surface area contributed by atoms with Gasteiger partial charge in [-0.05, 0) is 33.1 Å². The van der Waals surface area contributed by atoms with Gasteiger partial charge in [0.1, 0.15) is 4.90 Å².